The molecule has 49 heavy (non-hydrogen) atoms. The molecule has 3 fully saturated rings. The van der Waals surface area contributed by atoms with Crippen LogP contribution < -0.4 is 10.5 Å². The van der Waals surface area contributed by atoms with Gasteiger partial charge >= 0.3 is 5.97 Å². The number of ether oxygens (including phenoxy) is 2. The van der Waals surface area contributed by atoms with E-state index in [1.165, 1.54) is 12.8 Å². The number of fused-ring (bicyclic) bond motifs is 5. The monoisotopic (exact) mass is 657 g/mol. The highest BCUT2D eigenvalue weighted by Crippen LogP contribution is 2.41. The number of piperidine rings is 1. The number of rotatable bonds is 8. The van der Waals surface area contributed by atoms with E-state index in [9.17, 15) is 9.59 Å². The second kappa shape index (κ2) is 11.2. The van der Waals surface area contributed by atoms with Crippen LogP contribution in [0.2, 0.25) is 0 Å². The number of aromatic amines is 1. The summed E-state index contributed by atoms with van der Waals surface area (Å²) in [7, 11) is 3.66. The van der Waals surface area contributed by atoms with Crippen LogP contribution in [0, 0.1) is 11.8 Å². The van der Waals surface area contributed by atoms with Gasteiger partial charge in [0.2, 0.25) is 5.82 Å². The number of imidazole rings is 2. The van der Waals surface area contributed by atoms with Gasteiger partial charge in [0.25, 0.3) is 5.91 Å². The van der Waals surface area contributed by atoms with Gasteiger partial charge in [-0.05, 0) is 92.0 Å². The maximum Gasteiger partial charge on any atom is 0.374 e. The molecule has 3 aromatic heterocycles. The van der Waals surface area contributed by atoms with E-state index >= 15 is 0 Å². The van der Waals surface area contributed by atoms with E-state index in [0.29, 0.717) is 41.8 Å². The summed E-state index contributed by atoms with van der Waals surface area (Å²) < 4.78 is 15.5. The minimum Gasteiger partial charge on any atom is -0.494 e. The SMILES string of the molecule is CCOC(=O)c1nc2ccc(-c3ccc4cc(-c5nc6cc(C(=O)N7CC8CCC7[C@@H]8N)cc(OC)c6n5C)n(CC5CC5)c4c3)cc2[nH]1. The molecule has 3 aliphatic rings. The third-order valence-corrected chi connectivity index (χ3v) is 10.9. The Labute approximate surface area is 283 Å². The molecule has 0 spiro atoms. The van der Waals surface area contributed by atoms with Gasteiger partial charge in [0, 0.05) is 48.7 Å². The number of carbonyl (C=O) groups excluding carboxylic acids is 2. The molecule has 1 amide bonds. The molecule has 2 saturated carbocycles. The third-order valence-electron chi connectivity index (χ3n) is 10.9. The van der Waals surface area contributed by atoms with Gasteiger partial charge < -0.3 is 34.2 Å². The smallest absolute Gasteiger partial charge is 0.374 e. The molecule has 3 aromatic carbocycles. The maximum atomic E-state index is 13.8. The fourth-order valence-corrected chi connectivity index (χ4v) is 8.13. The molecule has 11 nitrogen and oxygen atoms in total. The van der Waals surface area contributed by atoms with Crippen molar-refractivity contribution in [2.45, 2.75) is 51.2 Å². The van der Waals surface area contributed by atoms with E-state index in [1.54, 1.807) is 14.0 Å². The summed E-state index contributed by atoms with van der Waals surface area (Å²) in [4.78, 5) is 40.7. The fourth-order valence-electron chi connectivity index (χ4n) is 8.13. The number of H-pyrrole nitrogens is 1. The summed E-state index contributed by atoms with van der Waals surface area (Å²) in [6.07, 6.45) is 4.48. The second-order valence-corrected chi connectivity index (χ2v) is 13.9. The van der Waals surface area contributed by atoms with Crippen molar-refractivity contribution >= 4 is 44.8 Å². The molecule has 2 unspecified atom stereocenters. The van der Waals surface area contributed by atoms with Crippen molar-refractivity contribution in [1.29, 1.82) is 0 Å². The molecule has 4 heterocycles. The average molecular weight is 658 g/mol. The minimum absolute atomic E-state index is 0.00383. The van der Waals surface area contributed by atoms with Crippen LogP contribution in [0.5, 0.6) is 5.75 Å². The maximum absolute atomic E-state index is 13.8. The van der Waals surface area contributed by atoms with Crippen molar-refractivity contribution in [2.75, 3.05) is 20.3 Å². The molecule has 6 aromatic rings. The van der Waals surface area contributed by atoms with Gasteiger partial charge in [0.1, 0.15) is 11.3 Å². The van der Waals surface area contributed by atoms with Gasteiger partial charge in [0.05, 0.1) is 36.0 Å². The van der Waals surface area contributed by atoms with Gasteiger partial charge in [0.15, 0.2) is 5.82 Å². The summed E-state index contributed by atoms with van der Waals surface area (Å²) in [5.41, 5.74) is 14.3. The Kier molecular flexibility index (Phi) is 6.84. The predicted octanol–water partition coefficient (Wildman–Crippen LogP) is 5.90. The summed E-state index contributed by atoms with van der Waals surface area (Å²) >= 11 is 0. The molecule has 0 radical (unpaired) electrons. The molecule has 1 aliphatic heterocycles. The molecular weight excluding hydrogens is 618 g/mol. The zero-order chi connectivity index (χ0) is 33.6. The highest BCUT2D eigenvalue weighted by molar-refractivity contribution is 6.01. The Bertz CT molecular complexity index is 2310. The number of esters is 1. The number of carbonyl (C=O) groups is 2. The number of benzene rings is 3. The van der Waals surface area contributed by atoms with Crippen LogP contribution in [-0.2, 0) is 18.3 Å². The largest absolute Gasteiger partial charge is 0.494 e. The van der Waals surface area contributed by atoms with Crippen LogP contribution in [0.4, 0.5) is 0 Å². The Hall–Kier alpha value is -5.16. The van der Waals surface area contributed by atoms with Crippen LogP contribution in [-0.4, -0.2) is 73.2 Å². The molecule has 2 bridgehead atoms. The van der Waals surface area contributed by atoms with Crippen molar-refractivity contribution < 1.29 is 19.1 Å². The summed E-state index contributed by atoms with van der Waals surface area (Å²) in [6.45, 7) is 3.68. The van der Waals surface area contributed by atoms with Crippen LogP contribution in [0.15, 0.2) is 54.6 Å². The first-order chi connectivity index (χ1) is 23.8. The highest BCUT2D eigenvalue weighted by Gasteiger charge is 2.47. The summed E-state index contributed by atoms with van der Waals surface area (Å²) in [6, 6.07) is 18.6. The first-order valence-corrected chi connectivity index (χ1v) is 17.2. The number of methoxy groups -OCH3 is 1. The van der Waals surface area contributed by atoms with E-state index in [-0.39, 0.29) is 23.8 Å². The van der Waals surface area contributed by atoms with Crippen molar-refractivity contribution in [3.05, 3.63) is 66.0 Å². The van der Waals surface area contributed by atoms with Crippen molar-refractivity contribution in [3.63, 3.8) is 0 Å². The number of likely N-dealkylation sites (tertiary alicyclic amines) is 1. The zero-order valence-electron chi connectivity index (χ0n) is 27.9. The highest BCUT2D eigenvalue weighted by atomic mass is 16.5. The number of hydrogen-bond acceptors (Lipinski definition) is 7. The quantitative estimate of drug-likeness (QED) is 0.195. The molecule has 3 atom stereocenters. The first-order valence-electron chi connectivity index (χ1n) is 17.2. The van der Waals surface area contributed by atoms with Gasteiger partial charge in [-0.25, -0.2) is 14.8 Å². The van der Waals surface area contributed by atoms with E-state index in [4.69, 9.17) is 20.2 Å². The molecule has 2 aliphatic carbocycles. The number of nitrogens with two attached hydrogens (primary N) is 1. The first kappa shape index (κ1) is 29.9. The lowest BCUT2D eigenvalue weighted by Crippen LogP contribution is -2.41. The lowest BCUT2D eigenvalue weighted by atomic mass is 10.0. The summed E-state index contributed by atoms with van der Waals surface area (Å²) in [5.74, 6) is 2.19. The van der Waals surface area contributed by atoms with E-state index in [2.05, 4.69) is 43.4 Å². The number of hydrogen-bond donors (Lipinski definition) is 2. The number of amides is 1. The van der Waals surface area contributed by atoms with E-state index < -0.39 is 5.97 Å². The van der Waals surface area contributed by atoms with Gasteiger partial charge in [-0.3, -0.25) is 4.79 Å². The predicted molar refractivity (Wildman–Crippen MR) is 187 cm³/mol. The van der Waals surface area contributed by atoms with Crippen molar-refractivity contribution in [3.8, 4) is 28.4 Å². The third kappa shape index (κ3) is 4.81. The van der Waals surface area contributed by atoms with Gasteiger partial charge in [-0.2, -0.15) is 0 Å². The van der Waals surface area contributed by atoms with E-state index in [0.717, 1.165) is 69.5 Å². The number of nitrogens with one attached hydrogen (secondary N) is 1. The normalized spacial score (nSPS) is 20.2. The Morgan fingerprint density at radius 2 is 1.80 bits per heavy atom. The molecule has 3 N–H and O–H groups in total. The molecular formula is C38H39N7O4. The standard InChI is InChI=1S/C38H39N7O4/c1-4-49-38(47)35-40-26-11-9-21(13-27(26)41-35)22-7-8-23-16-31(44(30(23)15-22)18-20-5-6-20)36-42-28-14-25(17-32(48-3)34(28)43(36)2)37(46)45-19-24-10-12-29(45)33(24)39/h7-9,11,13-17,20,24,29,33H,4-6,10,12,18-19,39H2,1-3H3,(H,40,41)/t24?,29?,33-/m1/s1. The minimum atomic E-state index is -0.461. The van der Waals surface area contributed by atoms with Crippen molar-refractivity contribution in [2.24, 2.45) is 24.6 Å². The Morgan fingerprint density at radius 1 is 0.980 bits per heavy atom. The Balaban J connectivity index is 1.12. The van der Waals surface area contributed by atoms with Crippen LogP contribution >= 0.6 is 0 Å². The number of nitrogens with zero attached hydrogens (tertiary/aromatic N) is 5. The Morgan fingerprint density at radius 3 is 2.53 bits per heavy atom. The number of aryl methyl sites for hydroxylation is 1. The molecule has 9 rings (SSSR count). The van der Waals surface area contributed by atoms with Gasteiger partial charge in [-0.15, -0.1) is 0 Å². The van der Waals surface area contributed by atoms with Crippen LogP contribution in [0.3, 0.4) is 0 Å². The second-order valence-electron chi connectivity index (χ2n) is 13.9. The molecule has 11 heteroatoms. The topological polar surface area (TPSA) is 133 Å². The van der Waals surface area contributed by atoms with Crippen molar-refractivity contribution in [1.82, 2.24) is 29.0 Å². The van der Waals surface area contributed by atoms with Crippen LogP contribution in [0.1, 0.15) is 53.6 Å². The average Bonchev–Trinajstić information content (AvgIpc) is 3.36. The molecule has 1 saturated heterocycles. The molecule has 250 valence electrons. The zero-order valence-corrected chi connectivity index (χ0v) is 27.9. The summed E-state index contributed by atoms with van der Waals surface area (Å²) in [5, 5.41) is 1.13. The van der Waals surface area contributed by atoms with E-state index in [1.807, 2.05) is 42.3 Å². The lowest BCUT2D eigenvalue weighted by molar-refractivity contribution is 0.0513. The lowest BCUT2D eigenvalue weighted by Gasteiger charge is -2.27. The fraction of sp³-hybridized carbons (Fsp3) is 0.368. The number of aromatic nitrogens is 5. The van der Waals surface area contributed by atoms with Gasteiger partial charge in [-0.1, -0.05) is 18.2 Å². The van der Waals surface area contributed by atoms with Crippen LogP contribution in [0.25, 0.3) is 55.6 Å².